The zero-order valence-electron chi connectivity index (χ0n) is 10.5. The predicted octanol–water partition coefficient (Wildman–Crippen LogP) is 1.92. The molecule has 100 valence electrons. The van der Waals surface area contributed by atoms with Crippen LogP contribution < -0.4 is 0 Å². The van der Waals surface area contributed by atoms with E-state index < -0.39 is 10.5 Å². The molecule has 0 bridgehead atoms. The van der Waals surface area contributed by atoms with Crippen LogP contribution in [0.3, 0.4) is 0 Å². The predicted molar refractivity (Wildman–Crippen MR) is 65.1 cm³/mol. The summed E-state index contributed by atoms with van der Waals surface area (Å²) in [6.45, 7) is 1.04. The number of nitro groups is 1. The summed E-state index contributed by atoms with van der Waals surface area (Å²) in [6.07, 6.45) is 3.79. The molecular weight excluding hydrogens is 236 g/mol. The number of furan rings is 1. The van der Waals surface area contributed by atoms with Crippen LogP contribution in [-0.2, 0) is 6.54 Å². The van der Waals surface area contributed by atoms with Crippen LogP contribution in [0.2, 0.25) is 0 Å². The third kappa shape index (κ3) is 3.08. The second-order valence-corrected chi connectivity index (χ2v) is 5.10. The van der Waals surface area contributed by atoms with E-state index in [0.29, 0.717) is 18.8 Å². The Morgan fingerprint density at radius 1 is 1.50 bits per heavy atom. The second kappa shape index (κ2) is 5.07. The van der Waals surface area contributed by atoms with E-state index in [1.165, 1.54) is 6.07 Å². The van der Waals surface area contributed by atoms with E-state index in [4.69, 9.17) is 4.42 Å². The average Bonchev–Trinajstić information content (AvgIpc) is 2.87. The van der Waals surface area contributed by atoms with Gasteiger partial charge in [-0.05, 0) is 26.0 Å². The number of aliphatic hydroxyl groups is 1. The number of hydrogen-bond acceptors (Lipinski definition) is 5. The summed E-state index contributed by atoms with van der Waals surface area (Å²) in [5.41, 5.74) is -0.604. The quantitative estimate of drug-likeness (QED) is 0.641. The summed E-state index contributed by atoms with van der Waals surface area (Å²) in [7, 11) is 1.88. The first kappa shape index (κ1) is 13.0. The monoisotopic (exact) mass is 254 g/mol. The van der Waals surface area contributed by atoms with E-state index in [2.05, 4.69) is 0 Å². The van der Waals surface area contributed by atoms with E-state index in [1.807, 2.05) is 11.9 Å². The van der Waals surface area contributed by atoms with E-state index in [-0.39, 0.29) is 5.88 Å². The van der Waals surface area contributed by atoms with Gasteiger partial charge in [-0.1, -0.05) is 12.8 Å². The van der Waals surface area contributed by atoms with Crippen molar-refractivity contribution < 1.29 is 14.4 Å². The molecule has 18 heavy (non-hydrogen) atoms. The second-order valence-electron chi connectivity index (χ2n) is 5.10. The molecule has 0 aromatic carbocycles. The van der Waals surface area contributed by atoms with Crippen LogP contribution in [0.5, 0.6) is 0 Å². The fourth-order valence-electron chi connectivity index (χ4n) is 2.57. The van der Waals surface area contributed by atoms with Gasteiger partial charge in [0.1, 0.15) is 10.7 Å². The lowest BCUT2D eigenvalue weighted by atomic mass is 10.0. The first-order valence-corrected chi connectivity index (χ1v) is 6.13. The Balaban J connectivity index is 1.90. The average molecular weight is 254 g/mol. The minimum atomic E-state index is -0.604. The molecule has 1 saturated carbocycles. The lowest BCUT2D eigenvalue weighted by Crippen LogP contribution is -2.38. The maximum absolute atomic E-state index is 10.5. The molecule has 6 heteroatoms. The van der Waals surface area contributed by atoms with E-state index in [1.54, 1.807) is 6.07 Å². The van der Waals surface area contributed by atoms with Crippen LogP contribution in [0.25, 0.3) is 0 Å². The topological polar surface area (TPSA) is 79.8 Å². The molecule has 0 atom stereocenters. The van der Waals surface area contributed by atoms with Crippen molar-refractivity contribution in [3.05, 3.63) is 28.0 Å². The molecule has 0 unspecified atom stereocenters. The van der Waals surface area contributed by atoms with Crippen LogP contribution in [-0.4, -0.2) is 34.1 Å². The van der Waals surface area contributed by atoms with Crippen molar-refractivity contribution in [3.8, 4) is 0 Å². The Morgan fingerprint density at radius 3 is 2.72 bits per heavy atom. The summed E-state index contributed by atoms with van der Waals surface area (Å²) < 4.78 is 5.09. The largest absolute Gasteiger partial charge is 0.433 e. The van der Waals surface area contributed by atoms with Crippen molar-refractivity contribution >= 4 is 5.88 Å². The molecule has 1 aliphatic rings. The van der Waals surface area contributed by atoms with E-state index in [0.717, 1.165) is 25.7 Å². The third-order valence-electron chi connectivity index (χ3n) is 3.35. The van der Waals surface area contributed by atoms with Crippen LogP contribution in [0.15, 0.2) is 16.5 Å². The van der Waals surface area contributed by atoms with Crippen molar-refractivity contribution in [3.63, 3.8) is 0 Å². The van der Waals surface area contributed by atoms with Crippen LogP contribution in [0.1, 0.15) is 31.4 Å². The fraction of sp³-hybridized carbons (Fsp3) is 0.667. The zero-order valence-corrected chi connectivity index (χ0v) is 10.5. The molecule has 1 fully saturated rings. The minimum Gasteiger partial charge on any atom is -0.404 e. The molecule has 1 aromatic rings. The van der Waals surface area contributed by atoms with Gasteiger partial charge < -0.3 is 9.52 Å². The minimum absolute atomic E-state index is 0.238. The van der Waals surface area contributed by atoms with E-state index in [9.17, 15) is 15.2 Å². The summed E-state index contributed by atoms with van der Waals surface area (Å²) in [4.78, 5) is 11.9. The first-order valence-electron chi connectivity index (χ1n) is 6.13. The van der Waals surface area contributed by atoms with Gasteiger partial charge in [0.25, 0.3) is 0 Å². The first-order chi connectivity index (χ1) is 8.48. The molecule has 1 N–H and O–H groups in total. The van der Waals surface area contributed by atoms with E-state index >= 15 is 0 Å². The number of rotatable bonds is 5. The number of hydrogen-bond donors (Lipinski definition) is 1. The molecule has 1 aliphatic carbocycles. The van der Waals surface area contributed by atoms with Gasteiger partial charge in [0.05, 0.1) is 18.2 Å². The summed E-state index contributed by atoms with van der Waals surface area (Å²) in [6, 6.07) is 2.96. The SMILES string of the molecule is CN(Cc1ccc([N+](=O)[O-])o1)CC1(O)CCCC1. The Labute approximate surface area is 105 Å². The van der Waals surface area contributed by atoms with Crippen LogP contribution in [0, 0.1) is 10.1 Å². The van der Waals surface area contributed by atoms with Crippen molar-refractivity contribution in [2.24, 2.45) is 0 Å². The summed E-state index contributed by atoms with van der Waals surface area (Å²) >= 11 is 0. The molecule has 0 saturated heterocycles. The highest BCUT2D eigenvalue weighted by molar-refractivity contribution is 5.17. The van der Waals surface area contributed by atoms with Crippen molar-refractivity contribution in [1.82, 2.24) is 4.90 Å². The standard InChI is InChI=1S/C12H18N2O4/c1-13(9-12(15)6-2-3-7-12)8-10-4-5-11(18-10)14(16)17/h4-5,15H,2-3,6-9H2,1H3. The molecule has 2 rings (SSSR count). The van der Waals surface area contributed by atoms with Gasteiger partial charge in [-0.15, -0.1) is 0 Å². The Kier molecular flexibility index (Phi) is 3.68. The van der Waals surface area contributed by atoms with Crippen LogP contribution >= 0.6 is 0 Å². The van der Waals surface area contributed by atoms with Crippen molar-refractivity contribution in [2.75, 3.05) is 13.6 Å². The maximum atomic E-state index is 10.5. The van der Waals surface area contributed by atoms with Gasteiger partial charge in [-0.2, -0.15) is 0 Å². The molecule has 0 amide bonds. The number of nitrogens with zero attached hydrogens (tertiary/aromatic N) is 2. The van der Waals surface area contributed by atoms with Gasteiger partial charge in [0, 0.05) is 6.54 Å². The normalized spacial score (nSPS) is 18.4. The fourth-order valence-corrected chi connectivity index (χ4v) is 2.57. The molecule has 6 nitrogen and oxygen atoms in total. The van der Waals surface area contributed by atoms with Gasteiger partial charge in [0.2, 0.25) is 0 Å². The molecule has 1 aromatic heterocycles. The number of likely N-dealkylation sites (N-methyl/N-ethyl adjacent to an activating group) is 1. The molecule has 0 spiro atoms. The smallest absolute Gasteiger partial charge is 0.404 e. The molecular formula is C12H18N2O4. The molecule has 0 aliphatic heterocycles. The highest BCUT2D eigenvalue weighted by atomic mass is 16.6. The molecule has 1 heterocycles. The lowest BCUT2D eigenvalue weighted by molar-refractivity contribution is -0.402. The van der Waals surface area contributed by atoms with Crippen molar-refractivity contribution in [2.45, 2.75) is 37.8 Å². The summed E-state index contributed by atoms with van der Waals surface area (Å²) in [5.74, 6) is 0.309. The van der Waals surface area contributed by atoms with Gasteiger partial charge in [0.15, 0.2) is 0 Å². The molecule has 0 radical (unpaired) electrons. The van der Waals surface area contributed by atoms with Gasteiger partial charge in [-0.25, -0.2) is 0 Å². The highest BCUT2D eigenvalue weighted by Crippen LogP contribution is 2.30. The Hall–Kier alpha value is -1.40. The van der Waals surface area contributed by atoms with Crippen molar-refractivity contribution in [1.29, 1.82) is 0 Å². The lowest BCUT2D eigenvalue weighted by Gasteiger charge is -2.27. The Morgan fingerprint density at radius 2 is 2.17 bits per heavy atom. The maximum Gasteiger partial charge on any atom is 0.433 e. The highest BCUT2D eigenvalue weighted by Gasteiger charge is 2.32. The summed E-state index contributed by atoms with van der Waals surface area (Å²) in [5, 5.41) is 20.7. The Bertz CT molecular complexity index is 423. The van der Waals surface area contributed by atoms with Gasteiger partial charge in [-0.3, -0.25) is 15.0 Å². The van der Waals surface area contributed by atoms with Crippen LogP contribution in [0.4, 0.5) is 5.88 Å². The van der Waals surface area contributed by atoms with Gasteiger partial charge >= 0.3 is 5.88 Å². The third-order valence-corrected chi connectivity index (χ3v) is 3.35. The zero-order chi connectivity index (χ0) is 13.2.